The van der Waals surface area contributed by atoms with E-state index in [1.165, 1.54) is 42.8 Å². The summed E-state index contributed by atoms with van der Waals surface area (Å²) in [5, 5.41) is 0. The minimum Gasteiger partial charge on any atom is -0.341 e. The molecule has 1 saturated carbocycles. The van der Waals surface area contributed by atoms with Gasteiger partial charge in [0.05, 0.1) is 12.7 Å². The van der Waals surface area contributed by atoms with Crippen LogP contribution in [0.5, 0.6) is 0 Å². The van der Waals surface area contributed by atoms with E-state index in [1.54, 1.807) is 11.9 Å². The normalized spacial score (nSPS) is 15.5. The molecule has 0 saturated heterocycles. The lowest BCUT2D eigenvalue weighted by Gasteiger charge is -2.32. The Labute approximate surface area is 125 Å². The lowest BCUT2D eigenvalue weighted by atomic mass is 9.94. The summed E-state index contributed by atoms with van der Waals surface area (Å²) in [7, 11) is 3.45. The van der Waals surface area contributed by atoms with E-state index in [9.17, 15) is 9.59 Å². The number of aromatic nitrogens is 2. The minimum absolute atomic E-state index is 0.0263. The number of carbonyl (C=O) groups is 2. The molecule has 0 aromatic carbocycles. The Morgan fingerprint density at radius 2 is 1.90 bits per heavy atom. The van der Waals surface area contributed by atoms with Crippen molar-refractivity contribution in [3.8, 4) is 0 Å². The molecule has 0 atom stereocenters. The fourth-order valence-corrected chi connectivity index (χ4v) is 2.66. The Hall–Kier alpha value is -1.98. The molecule has 0 N–H and O–H groups in total. The Bertz CT molecular complexity index is 486. The van der Waals surface area contributed by atoms with E-state index >= 15 is 0 Å². The number of likely N-dealkylation sites (N-methyl/N-ethyl adjacent to an activating group) is 2. The van der Waals surface area contributed by atoms with E-state index in [4.69, 9.17) is 0 Å². The van der Waals surface area contributed by atoms with E-state index in [1.807, 2.05) is 7.05 Å². The van der Waals surface area contributed by atoms with Crippen LogP contribution in [0, 0.1) is 0 Å². The Morgan fingerprint density at radius 1 is 1.19 bits per heavy atom. The molecule has 1 fully saturated rings. The lowest BCUT2D eigenvalue weighted by Crippen LogP contribution is -2.44. The Balaban J connectivity index is 1.90. The van der Waals surface area contributed by atoms with Gasteiger partial charge in [-0.2, -0.15) is 0 Å². The molecule has 0 spiro atoms. The van der Waals surface area contributed by atoms with Gasteiger partial charge < -0.3 is 9.80 Å². The second kappa shape index (κ2) is 7.15. The van der Waals surface area contributed by atoms with Gasteiger partial charge in [-0.25, -0.2) is 4.98 Å². The number of hydrogen-bond acceptors (Lipinski definition) is 4. The summed E-state index contributed by atoms with van der Waals surface area (Å²) in [6, 6.07) is 0.311. The van der Waals surface area contributed by atoms with Gasteiger partial charge in [0, 0.05) is 32.5 Å². The first-order valence-corrected chi connectivity index (χ1v) is 7.36. The number of hydrogen-bond donors (Lipinski definition) is 0. The van der Waals surface area contributed by atoms with Gasteiger partial charge in [-0.3, -0.25) is 14.6 Å². The van der Waals surface area contributed by atoms with Crippen LogP contribution in [0.1, 0.15) is 42.6 Å². The standard InChI is InChI=1S/C15H22N4O2/c1-18(15(21)13-10-16-8-9-17-13)11-14(20)19(2)12-6-4-3-5-7-12/h8-10,12H,3-7,11H2,1-2H3. The number of nitrogens with zero attached hydrogens (tertiary/aromatic N) is 4. The highest BCUT2D eigenvalue weighted by Crippen LogP contribution is 2.21. The molecule has 1 aliphatic carbocycles. The minimum atomic E-state index is -0.284. The van der Waals surface area contributed by atoms with Crippen molar-refractivity contribution >= 4 is 11.8 Å². The largest absolute Gasteiger partial charge is 0.341 e. The average molecular weight is 290 g/mol. The molecule has 2 rings (SSSR count). The summed E-state index contributed by atoms with van der Waals surface area (Å²) in [4.78, 5) is 35.4. The SMILES string of the molecule is CN(CC(=O)N(C)C1CCCCC1)C(=O)c1cnccn1. The van der Waals surface area contributed by atoms with Crippen LogP contribution in [0.3, 0.4) is 0 Å². The number of carbonyl (C=O) groups excluding carboxylic acids is 2. The van der Waals surface area contributed by atoms with E-state index in [0.717, 1.165) is 12.8 Å². The molecule has 0 radical (unpaired) electrons. The third-order valence-electron chi connectivity index (χ3n) is 4.02. The summed E-state index contributed by atoms with van der Waals surface area (Å²) in [5.41, 5.74) is 0.258. The smallest absolute Gasteiger partial charge is 0.274 e. The maximum atomic E-state index is 12.3. The van der Waals surface area contributed by atoms with Crippen molar-refractivity contribution in [1.29, 1.82) is 0 Å². The predicted octanol–water partition coefficient (Wildman–Crippen LogP) is 1.34. The van der Waals surface area contributed by atoms with Crippen molar-refractivity contribution in [2.75, 3.05) is 20.6 Å². The van der Waals surface area contributed by atoms with E-state index in [-0.39, 0.29) is 24.1 Å². The van der Waals surface area contributed by atoms with Gasteiger partial charge in [-0.15, -0.1) is 0 Å². The third-order valence-corrected chi connectivity index (χ3v) is 4.02. The van der Waals surface area contributed by atoms with Crippen LogP contribution in [0.2, 0.25) is 0 Å². The molecule has 0 aliphatic heterocycles. The molecule has 2 amide bonds. The number of rotatable bonds is 4. The Kier molecular flexibility index (Phi) is 5.25. The van der Waals surface area contributed by atoms with E-state index in [0.29, 0.717) is 6.04 Å². The van der Waals surface area contributed by atoms with Crippen LogP contribution >= 0.6 is 0 Å². The summed E-state index contributed by atoms with van der Waals surface area (Å²) < 4.78 is 0. The van der Waals surface area contributed by atoms with Crippen LogP contribution in [-0.4, -0.2) is 58.3 Å². The van der Waals surface area contributed by atoms with Crippen molar-refractivity contribution in [2.45, 2.75) is 38.1 Å². The van der Waals surface area contributed by atoms with Gasteiger partial charge in [0.25, 0.3) is 5.91 Å². The van der Waals surface area contributed by atoms with Crippen LogP contribution < -0.4 is 0 Å². The predicted molar refractivity (Wildman–Crippen MR) is 78.6 cm³/mol. The highest BCUT2D eigenvalue weighted by Gasteiger charge is 2.24. The van der Waals surface area contributed by atoms with Crippen molar-refractivity contribution in [3.63, 3.8) is 0 Å². The van der Waals surface area contributed by atoms with Crippen molar-refractivity contribution in [2.24, 2.45) is 0 Å². The van der Waals surface area contributed by atoms with Crippen molar-refractivity contribution < 1.29 is 9.59 Å². The molecule has 6 heteroatoms. The zero-order valence-corrected chi connectivity index (χ0v) is 12.7. The van der Waals surface area contributed by atoms with Crippen LogP contribution in [0.25, 0.3) is 0 Å². The van der Waals surface area contributed by atoms with Crippen LogP contribution in [0.15, 0.2) is 18.6 Å². The van der Waals surface area contributed by atoms with Gasteiger partial charge in [0.15, 0.2) is 0 Å². The molecule has 1 aromatic heterocycles. The first-order chi connectivity index (χ1) is 10.1. The number of amides is 2. The lowest BCUT2D eigenvalue weighted by molar-refractivity contribution is -0.133. The second-order valence-electron chi connectivity index (χ2n) is 5.55. The van der Waals surface area contributed by atoms with Crippen LogP contribution in [-0.2, 0) is 4.79 Å². The second-order valence-corrected chi connectivity index (χ2v) is 5.55. The molecule has 1 aliphatic rings. The molecule has 1 heterocycles. The molecular formula is C15H22N4O2. The highest BCUT2D eigenvalue weighted by atomic mass is 16.2. The fourth-order valence-electron chi connectivity index (χ4n) is 2.66. The summed E-state index contributed by atoms with van der Waals surface area (Å²) in [6.07, 6.45) is 10.1. The van der Waals surface area contributed by atoms with Crippen molar-refractivity contribution in [1.82, 2.24) is 19.8 Å². The molecule has 0 bridgehead atoms. The maximum Gasteiger partial charge on any atom is 0.274 e. The Morgan fingerprint density at radius 3 is 2.52 bits per heavy atom. The van der Waals surface area contributed by atoms with Gasteiger partial charge in [0.1, 0.15) is 5.69 Å². The van der Waals surface area contributed by atoms with Gasteiger partial charge in [-0.05, 0) is 12.8 Å². The van der Waals surface area contributed by atoms with Gasteiger partial charge in [0.2, 0.25) is 5.91 Å². The first kappa shape index (κ1) is 15.4. The average Bonchev–Trinajstić information content (AvgIpc) is 2.55. The zero-order valence-electron chi connectivity index (χ0n) is 12.7. The van der Waals surface area contributed by atoms with E-state index in [2.05, 4.69) is 9.97 Å². The maximum absolute atomic E-state index is 12.3. The molecular weight excluding hydrogens is 268 g/mol. The first-order valence-electron chi connectivity index (χ1n) is 7.36. The molecule has 21 heavy (non-hydrogen) atoms. The molecule has 1 aromatic rings. The van der Waals surface area contributed by atoms with Crippen LogP contribution in [0.4, 0.5) is 0 Å². The highest BCUT2D eigenvalue weighted by molar-refractivity contribution is 5.94. The summed E-state index contributed by atoms with van der Waals surface area (Å²) in [5.74, 6) is -0.310. The third kappa shape index (κ3) is 4.00. The monoisotopic (exact) mass is 290 g/mol. The molecule has 6 nitrogen and oxygen atoms in total. The molecule has 114 valence electrons. The van der Waals surface area contributed by atoms with E-state index < -0.39 is 0 Å². The van der Waals surface area contributed by atoms with Gasteiger partial charge in [-0.1, -0.05) is 19.3 Å². The summed E-state index contributed by atoms with van der Waals surface area (Å²) in [6.45, 7) is 0.0718. The quantitative estimate of drug-likeness (QED) is 0.839. The fraction of sp³-hybridized carbons (Fsp3) is 0.600. The zero-order chi connectivity index (χ0) is 15.2. The van der Waals surface area contributed by atoms with Gasteiger partial charge >= 0.3 is 0 Å². The topological polar surface area (TPSA) is 66.4 Å². The molecule has 0 unspecified atom stereocenters. The summed E-state index contributed by atoms with van der Waals surface area (Å²) >= 11 is 0. The van der Waals surface area contributed by atoms with Crippen molar-refractivity contribution in [3.05, 3.63) is 24.3 Å².